The van der Waals surface area contributed by atoms with E-state index in [1.165, 1.54) is 30.5 Å². The zero-order chi connectivity index (χ0) is 19.8. The van der Waals surface area contributed by atoms with Crippen LogP contribution in [0.3, 0.4) is 0 Å². The Bertz CT molecular complexity index is 998. The monoisotopic (exact) mass is 438 g/mol. The molecule has 3 rings (SSSR count). The van der Waals surface area contributed by atoms with E-state index in [4.69, 9.17) is 23.2 Å². The minimum atomic E-state index is -4.87. The van der Waals surface area contributed by atoms with E-state index in [0.717, 1.165) is 20.6 Å². The van der Waals surface area contributed by atoms with E-state index in [0.29, 0.717) is 15.5 Å². The number of hydrogen-bond donors (Lipinski definition) is 1. The first-order valence-corrected chi connectivity index (χ1v) is 9.01. The predicted molar refractivity (Wildman–Crippen MR) is 95.2 cm³/mol. The minimum Gasteiger partial charge on any atom is -0.382 e. The molecule has 0 fully saturated rings. The summed E-state index contributed by atoms with van der Waals surface area (Å²) in [4.78, 5) is 17.1. The minimum absolute atomic E-state index is 0.0150. The van der Waals surface area contributed by atoms with Gasteiger partial charge in [0.15, 0.2) is 16.4 Å². The number of rotatable bonds is 5. The summed E-state index contributed by atoms with van der Waals surface area (Å²) in [7, 11) is 0. The Morgan fingerprint density at radius 2 is 1.89 bits per heavy atom. The fourth-order valence-electron chi connectivity index (χ4n) is 2.30. The van der Waals surface area contributed by atoms with Crippen molar-refractivity contribution < 1.29 is 18.3 Å². The van der Waals surface area contributed by atoms with Gasteiger partial charge >= 0.3 is 11.9 Å². The standard InChI is InChI=1S/C15H11Cl2F3N4O2S/c16-9-3-1-8(2-4-9)12-22-24(6-10-5-21-13(17)27-10)14(26)23(12)7-11(25)15(18,19)20/h1-5,11,25H,6-7H2. The van der Waals surface area contributed by atoms with Crippen molar-refractivity contribution in [3.05, 3.63) is 55.3 Å². The Labute approximate surface area is 164 Å². The Hall–Kier alpha value is -1.88. The van der Waals surface area contributed by atoms with Gasteiger partial charge in [-0.2, -0.15) is 13.2 Å². The summed E-state index contributed by atoms with van der Waals surface area (Å²) in [5, 5.41) is 14.0. The number of aliphatic hydroxyl groups excluding tert-OH is 1. The lowest BCUT2D eigenvalue weighted by molar-refractivity contribution is -0.207. The van der Waals surface area contributed by atoms with Crippen LogP contribution >= 0.6 is 34.5 Å². The summed E-state index contributed by atoms with van der Waals surface area (Å²) in [6, 6.07) is 6.09. The maximum absolute atomic E-state index is 12.8. The first-order valence-electron chi connectivity index (χ1n) is 7.43. The number of aliphatic hydroxyl groups is 1. The maximum atomic E-state index is 12.8. The predicted octanol–water partition coefficient (Wildman–Crippen LogP) is 3.45. The van der Waals surface area contributed by atoms with Crippen LogP contribution in [0.15, 0.2) is 35.3 Å². The molecule has 2 heterocycles. The van der Waals surface area contributed by atoms with Crippen molar-refractivity contribution in [1.82, 2.24) is 19.3 Å². The lowest BCUT2D eigenvalue weighted by atomic mass is 10.2. The van der Waals surface area contributed by atoms with Crippen molar-refractivity contribution in [1.29, 1.82) is 0 Å². The summed E-state index contributed by atoms with van der Waals surface area (Å²) < 4.78 is 40.4. The van der Waals surface area contributed by atoms with Gasteiger partial charge < -0.3 is 5.11 Å². The highest BCUT2D eigenvalue weighted by molar-refractivity contribution is 7.15. The molecule has 3 aromatic rings. The second-order valence-corrected chi connectivity index (χ2v) is 7.65. The largest absolute Gasteiger partial charge is 0.416 e. The number of nitrogens with zero attached hydrogens (tertiary/aromatic N) is 4. The first-order chi connectivity index (χ1) is 12.6. The van der Waals surface area contributed by atoms with Crippen LogP contribution < -0.4 is 5.69 Å². The quantitative estimate of drug-likeness (QED) is 0.661. The molecule has 2 aromatic heterocycles. The summed E-state index contributed by atoms with van der Waals surface area (Å²) in [6.45, 7) is -0.997. The number of hydrogen-bond acceptors (Lipinski definition) is 5. The zero-order valence-electron chi connectivity index (χ0n) is 13.3. The molecule has 0 amide bonds. The van der Waals surface area contributed by atoms with Crippen LogP contribution in [0.5, 0.6) is 0 Å². The van der Waals surface area contributed by atoms with Gasteiger partial charge in [0.2, 0.25) is 0 Å². The molecule has 0 radical (unpaired) electrons. The molecule has 144 valence electrons. The van der Waals surface area contributed by atoms with Gasteiger partial charge in [-0.25, -0.2) is 14.5 Å². The third-order valence-electron chi connectivity index (χ3n) is 3.59. The van der Waals surface area contributed by atoms with E-state index in [-0.39, 0.29) is 16.8 Å². The number of thiazole rings is 1. The van der Waals surface area contributed by atoms with E-state index in [1.54, 1.807) is 0 Å². The van der Waals surface area contributed by atoms with Crippen LogP contribution in [0, 0.1) is 0 Å². The molecule has 0 spiro atoms. The van der Waals surface area contributed by atoms with Crippen molar-refractivity contribution in [2.45, 2.75) is 25.4 Å². The molecule has 27 heavy (non-hydrogen) atoms. The molecular formula is C15H11Cl2F3N4O2S. The topological polar surface area (TPSA) is 72.9 Å². The van der Waals surface area contributed by atoms with Crippen molar-refractivity contribution in [2.75, 3.05) is 0 Å². The zero-order valence-corrected chi connectivity index (χ0v) is 15.6. The Kier molecular flexibility index (Phi) is 5.61. The number of benzene rings is 1. The SMILES string of the molecule is O=c1n(Cc2cnc(Cl)s2)nc(-c2ccc(Cl)cc2)n1CC(O)C(F)(F)F. The average molecular weight is 439 g/mol. The summed E-state index contributed by atoms with van der Waals surface area (Å²) in [5.74, 6) is -0.0180. The van der Waals surface area contributed by atoms with Crippen LogP contribution in [0.25, 0.3) is 11.4 Å². The van der Waals surface area contributed by atoms with Gasteiger partial charge in [-0.3, -0.25) is 4.57 Å². The molecule has 1 unspecified atom stereocenters. The molecule has 1 atom stereocenters. The molecule has 0 saturated heterocycles. The van der Waals surface area contributed by atoms with Crippen molar-refractivity contribution in [3.63, 3.8) is 0 Å². The molecule has 1 N–H and O–H groups in total. The molecule has 12 heteroatoms. The second kappa shape index (κ2) is 7.63. The van der Waals surface area contributed by atoms with Gasteiger partial charge in [0.25, 0.3) is 0 Å². The van der Waals surface area contributed by atoms with Crippen molar-refractivity contribution >= 4 is 34.5 Å². The number of aromatic nitrogens is 4. The lowest BCUT2D eigenvalue weighted by Crippen LogP contribution is -2.37. The van der Waals surface area contributed by atoms with E-state index in [1.807, 2.05) is 0 Å². The summed E-state index contributed by atoms with van der Waals surface area (Å²) >= 11 is 12.7. The number of alkyl halides is 3. The van der Waals surface area contributed by atoms with E-state index in [2.05, 4.69) is 10.1 Å². The molecule has 6 nitrogen and oxygen atoms in total. The van der Waals surface area contributed by atoms with Gasteiger partial charge in [0.05, 0.1) is 13.1 Å². The smallest absolute Gasteiger partial charge is 0.382 e. The lowest BCUT2D eigenvalue weighted by Gasteiger charge is -2.15. The van der Waals surface area contributed by atoms with Crippen LogP contribution in [-0.4, -0.2) is 36.7 Å². The second-order valence-electron chi connectivity index (χ2n) is 5.52. The Balaban J connectivity index is 2.05. The average Bonchev–Trinajstić information content (AvgIpc) is 3.13. The van der Waals surface area contributed by atoms with Crippen molar-refractivity contribution in [2.24, 2.45) is 0 Å². The van der Waals surface area contributed by atoms with E-state index < -0.39 is 24.5 Å². The molecule has 0 saturated carbocycles. The first kappa shape index (κ1) is 19.9. The molecule has 0 aliphatic heterocycles. The third kappa shape index (κ3) is 4.52. The highest BCUT2D eigenvalue weighted by atomic mass is 35.5. The molecule has 0 aliphatic rings. The van der Waals surface area contributed by atoms with E-state index in [9.17, 15) is 23.1 Å². The van der Waals surface area contributed by atoms with Gasteiger partial charge in [-0.05, 0) is 24.3 Å². The van der Waals surface area contributed by atoms with Gasteiger partial charge in [-0.15, -0.1) is 16.4 Å². The Morgan fingerprint density at radius 3 is 2.44 bits per heavy atom. The van der Waals surface area contributed by atoms with Gasteiger partial charge in [0.1, 0.15) is 0 Å². The summed E-state index contributed by atoms with van der Waals surface area (Å²) in [5.41, 5.74) is -0.417. The van der Waals surface area contributed by atoms with Gasteiger partial charge in [-0.1, -0.05) is 23.2 Å². The molecule has 0 aliphatic carbocycles. The molecule has 0 bridgehead atoms. The fourth-order valence-corrected chi connectivity index (χ4v) is 3.39. The van der Waals surface area contributed by atoms with Gasteiger partial charge in [0, 0.05) is 21.7 Å². The highest BCUT2D eigenvalue weighted by Gasteiger charge is 2.39. The Morgan fingerprint density at radius 1 is 1.22 bits per heavy atom. The number of halogens is 5. The van der Waals surface area contributed by atoms with Crippen LogP contribution in [0.2, 0.25) is 9.49 Å². The van der Waals surface area contributed by atoms with Crippen LogP contribution in [0.1, 0.15) is 4.88 Å². The molecular weight excluding hydrogens is 428 g/mol. The van der Waals surface area contributed by atoms with E-state index >= 15 is 0 Å². The maximum Gasteiger partial charge on any atom is 0.416 e. The normalized spacial score (nSPS) is 13.1. The van der Waals surface area contributed by atoms with Crippen LogP contribution in [0.4, 0.5) is 13.2 Å². The van der Waals surface area contributed by atoms with Crippen molar-refractivity contribution in [3.8, 4) is 11.4 Å². The highest BCUT2D eigenvalue weighted by Crippen LogP contribution is 2.24. The third-order valence-corrected chi connectivity index (χ3v) is 4.94. The fraction of sp³-hybridized carbons (Fsp3) is 0.267. The molecule has 1 aromatic carbocycles. The summed E-state index contributed by atoms with van der Waals surface area (Å²) in [6.07, 6.45) is -6.13. The van der Waals surface area contributed by atoms with Crippen LogP contribution in [-0.2, 0) is 13.1 Å².